The van der Waals surface area contributed by atoms with Crippen LogP contribution in [0.2, 0.25) is 0 Å². The van der Waals surface area contributed by atoms with Crippen molar-refractivity contribution in [1.29, 1.82) is 0 Å². The van der Waals surface area contributed by atoms with Crippen LogP contribution in [0.4, 0.5) is 5.95 Å². The van der Waals surface area contributed by atoms with Gasteiger partial charge in [0, 0.05) is 18.5 Å². The minimum absolute atomic E-state index is 0.133. The molecule has 0 saturated carbocycles. The number of H-pyrrole nitrogens is 1. The second kappa shape index (κ2) is 9.62. The summed E-state index contributed by atoms with van der Waals surface area (Å²) in [6, 6.07) is 27.9. The molecule has 0 aliphatic carbocycles. The van der Waals surface area contributed by atoms with Gasteiger partial charge in [0.2, 0.25) is 5.95 Å². The van der Waals surface area contributed by atoms with Crippen molar-refractivity contribution in [2.24, 2.45) is 0 Å². The van der Waals surface area contributed by atoms with Gasteiger partial charge >= 0.3 is 0 Å². The Kier molecular flexibility index (Phi) is 6.07. The Morgan fingerprint density at radius 1 is 0.853 bits per heavy atom. The summed E-state index contributed by atoms with van der Waals surface area (Å²) < 4.78 is 7.24. The van der Waals surface area contributed by atoms with Gasteiger partial charge in [0.05, 0.1) is 5.69 Å². The summed E-state index contributed by atoms with van der Waals surface area (Å²) in [4.78, 5) is 22.0. The first-order chi connectivity index (χ1) is 16.7. The van der Waals surface area contributed by atoms with Crippen molar-refractivity contribution in [3.05, 3.63) is 123 Å². The Balaban J connectivity index is 1.25. The number of aryl methyl sites for hydroxylation is 1. The van der Waals surface area contributed by atoms with Crippen LogP contribution in [0.3, 0.4) is 0 Å². The predicted octanol–water partition coefficient (Wildman–Crippen LogP) is 4.51. The lowest BCUT2D eigenvalue weighted by atomic mass is 10.1. The van der Waals surface area contributed by atoms with E-state index in [-0.39, 0.29) is 5.56 Å². The number of rotatable bonds is 8. The molecular formula is C27H25N5O2. The highest BCUT2D eigenvalue weighted by atomic mass is 16.5. The monoisotopic (exact) mass is 451 g/mol. The number of nitrogens with zero attached hydrogens (tertiary/aromatic N) is 3. The van der Waals surface area contributed by atoms with Gasteiger partial charge in [0.15, 0.2) is 0 Å². The molecule has 0 atom stereocenters. The molecule has 3 aromatic carbocycles. The molecule has 0 aliphatic rings. The minimum atomic E-state index is -0.133. The van der Waals surface area contributed by atoms with E-state index in [1.165, 1.54) is 4.52 Å². The van der Waals surface area contributed by atoms with Gasteiger partial charge in [0.1, 0.15) is 12.4 Å². The largest absolute Gasteiger partial charge is 0.489 e. The maximum atomic E-state index is 13.1. The van der Waals surface area contributed by atoms with Gasteiger partial charge in [-0.05, 0) is 35.7 Å². The van der Waals surface area contributed by atoms with E-state index in [1.807, 2.05) is 91.9 Å². The van der Waals surface area contributed by atoms with Crippen LogP contribution < -0.4 is 15.6 Å². The number of benzene rings is 3. The number of fused-ring (bicyclic) bond motifs is 1. The molecule has 0 spiro atoms. The highest BCUT2D eigenvalue weighted by Crippen LogP contribution is 2.16. The summed E-state index contributed by atoms with van der Waals surface area (Å²) in [6.45, 7) is 2.93. The van der Waals surface area contributed by atoms with Crippen LogP contribution in [-0.4, -0.2) is 19.6 Å². The molecule has 0 bridgehead atoms. The van der Waals surface area contributed by atoms with E-state index in [2.05, 4.69) is 20.4 Å². The van der Waals surface area contributed by atoms with Crippen molar-refractivity contribution < 1.29 is 4.74 Å². The fourth-order valence-corrected chi connectivity index (χ4v) is 3.77. The van der Waals surface area contributed by atoms with E-state index in [0.717, 1.165) is 22.4 Å². The number of ether oxygens (including phenoxy) is 1. The molecule has 5 aromatic rings. The number of nitrogens with one attached hydrogen (secondary N) is 2. The van der Waals surface area contributed by atoms with E-state index in [1.54, 1.807) is 0 Å². The molecule has 0 saturated heterocycles. The number of aromatic amines is 1. The quantitative estimate of drug-likeness (QED) is 0.363. The number of aromatic nitrogens is 4. The van der Waals surface area contributed by atoms with Crippen molar-refractivity contribution in [3.63, 3.8) is 0 Å². The Hall–Kier alpha value is -4.39. The zero-order valence-electron chi connectivity index (χ0n) is 18.9. The zero-order valence-corrected chi connectivity index (χ0v) is 18.9. The van der Waals surface area contributed by atoms with Gasteiger partial charge in [-0.25, -0.2) is 4.98 Å². The van der Waals surface area contributed by atoms with E-state index >= 15 is 0 Å². The lowest BCUT2D eigenvalue weighted by molar-refractivity contribution is 0.306. The highest BCUT2D eigenvalue weighted by molar-refractivity contribution is 5.41. The molecule has 2 aromatic heterocycles. The average molecular weight is 452 g/mol. The van der Waals surface area contributed by atoms with Crippen molar-refractivity contribution in [2.45, 2.75) is 26.5 Å². The summed E-state index contributed by atoms with van der Waals surface area (Å²) >= 11 is 0. The van der Waals surface area contributed by atoms with Crippen molar-refractivity contribution in [1.82, 2.24) is 19.6 Å². The second-order valence-corrected chi connectivity index (χ2v) is 8.12. The van der Waals surface area contributed by atoms with E-state index in [0.29, 0.717) is 42.6 Å². The molecule has 0 amide bonds. The maximum absolute atomic E-state index is 13.1. The smallest absolute Gasteiger partial charge is 0.277 e. The SMILES string of the molecule is Cc1nc2nc(NCc3ccc(OCc4ccccc4)cc3)[nH]n2c(=O)c1Cc1ccccc1. The molecule has 5 rings (SSSR count). The number of hydrogen-bond donors (Lipinski definition) is 2. The van der Waals surface area contributed by atoms with E-state index in [4.69, 9.17) is 4.74 Å². The van der Waals surface area contributed by atoms with Crippen LogP contribution in [0.1, 0.15) is 27.9 Å². The summed E-state index contributed by atoms with van der Waals surface area (Å²) in [5.41, 5.74) is 4.48. The van der Waals surface area contributed by atoms with Crippen molar-refractivity contribution >= 4 is 11.7 Å². The Morgan fingerprint density at radius 2 is 1.53 bits per heavy atom. The third kappa shape index (κ3) is 4.83. The summed E-state index contributed by atoms with van der Waals surface area (Å²) in [5, 5.41) is 6.27. The second-order valence-electron chi connectivity index (χ2n) is 8.12. The Bertz CT molecular complexity index is 1440. The normalized spacial score (nSPS) is 11.0. The van der Waals surface area contributed by atoms with Gasteiger partial charge in [-0.2, -0.15) is 9.50 Å². The molecule has 170 valence electrons. The standard InChI is InChI=1S/C27H25N5O2/c1-19-24(16-20-8-4-2-5-9-20)25(33)32-27(29-19)30-26(31-32)28-17-21-12-14-23(15-13-21)34-18-22-10-6-3-7-11-22/h2-15H,16-18H2,1H3,(H2,28,29,30,31). The molecule has 0 unspecified atom stereocenters. The van der Waals surface area contributed by atoms with Gasteiger partial charge in [-0.3, -0.25) is 9.89 Å². The molecule has 7 nitrogen and oxygen atoms in total. The summed E-state index contributed by atoms with van der Waals surface area (Å²) in [5.74, 6) is 1.66. The lowest BCUT2D eigenvalue weighted by Crippen LogP contribution is -2.22. The van der Waals surface area contributed by atoms with Gasteiger partial charge in [0.25, 0.3) is 11.3 Å². The van der Waals surface area contributed by atoms with Crippen LogP contribution in [-0.2, 0) is 19.6 Å². The third-order valence-corrected chi connectivity index (χ3v) is 5.65. The third-order valence-electron chi connectivity index (χ3n) is 5.65. The fraction of sp³-hybridized carbons (Fsp3) is 0.148. The van der Waals surface area contributed by atoms with Crippen LogP contribution in [0.25, 0.3) is 5.78 Å². The first-order valence-electron chi connectivity index (χ1n) is 11.2. The van der Waals surface area contributed by atoms with Crippen LogP contribution in [0, 0.1) is 6.92 Å². The predicted molar refractivity (Wildman–Crippen MR) is 132 cm³/mol. The molecular weight excluding hydrogens is 426 g/mol. The summed E-state index contributed by atoms with van der Waals surface area (Å²) in [6.07, 6.45) is 0.530. The van der Waals surface area contributed by atoms with Crippen LogP contribution >= 0.6 is 0 Å². The first-order valence-corrected chi connectivity index (χ1v) is 11.2. The van der Waals surface area contributed by atoms with E-state index < -0.39 is 0 Å². The molecule has 7 heteroatoms. The van der Waals surface area contributed by atoms with E-state index in [9.17, 15) is 4.79 Å². The van der Waals surface area contributed by atoms with Crippen molar-refractivity contribution in [2.75, 3.05) is 5.32 Å². The zero-order chi connectivity index (χ0) is 23.3. The lowest BCUT2D eigenvalue weighted by Gasteiger charge is -2.08. The van der Waals surface area contributed by atoms with Gasteiger partial charge in [-0.15, -0.1) is 0 Å². The molecule has 0 aliphatic heterocycles. The Morgan fingerprint density at radius 3 is 2.24 bits per heavy atom. The molecule has 0 fully saturated rings. The molecule has 2 heterocycles. The number of hydrogen-bond acceptors (Lipinski definition) is 5. The summed E-state index contributed by atoms with van der Waals surface area (Å²) in [7, 11) is 0. The van der Waals surface area contributed by atoms with Crippen molar-refractivity contribution in [3.8, 4) is 5.75 Å². The average Bonchev–Trinajstić information content (AvgIpc) is 3.29. The highest BCUT2D eigenvalue weighted by Gasteiger charge is 2.13. The maximum Gasteiger partial charge on any atom is 0.277 e. The Labute approximate surface area is 197 Å². The minimum Gasteiger partial charge on any atom is -0.489 e. The topological polar surface area (TPSA) is 84.3 Å². The van der Waals surface area contributed by atoms with Crippen LogP contribution in [0.5, 0.6) is 5.75 Å². The first kappa shape index (κ1) is 21.5. The molecule has 0 radical (unpaired) electrons. The number of anilines is 1. The molecule has 34 heavy (non-hydrogen) atoms. The van der Waals surface area contributed by atoms with Gasteiger partial charge in [-0.1, -0.05) is 72.8 Å². The molecule has 2 N–H and O–H groups in total. The van der Waals surface area contributed by atoms with Crippen LogP contribution in [0.15, 0.2) is 89.7 Å². The van der Waals surface area contributed by atoms with Gasteiger partial charge < -0.3 is 10.1 Å². The fourth-order valence-electron chi connectivity index (χ4n) is 3.77.